The fourth-order valence-electron chi connectivity index (χ4n) is 1.78. The molecule has 0 bridgehead atoms. The predicted molar refractivity (Wildman–Crippen MR) is 72.1 cm³/mol. The molecule has 102 valence electrons. The lowest BCUT2D eigenvalue weighted by molar-refractivity contribution is 0.102. The summed E-state index contributed by atoms with van der Waals surface area (Å²) in [5.41, 5.74) is 0.903. The summed E-state index contributed by atoms with van der Waals surface area (Å²) in [6, 6.07) is 2.87. The Morgan fingerprint density at radius 3 is 2.95 bits per heavy atom. The van der Waals surface area contributed by atoms with Crippen molar-refractivity contribution < 1.29 is 13.6 Å². The number of carbonyl (C=O) groups is 1. The van der Waals surface area contributed by atoms with Crippen molar-refractivity contribution in [2.24, 2.45) is 0 Å². The van der Waals surface area contributed by atoms with Gasteiger partial charge in [0.05, 0.1) is 5.69 Å². The van der Waals surface area contributed by atoms with Gasteiger partial charge in [0.1, 0.15) is 17.3 Å². The molecule has 3 aromatic rings. The minimum Gasteiger partial charge on any atom is -0.318 e. The maximum Gasteiger partial charge on any atom is 0.275 e. The number of imidazole rings is 1. The van der Waals surface area contributed by atoms with Crippen LogP contribution in [0.25, 0.3) is 4.96 Å². The highest BCUT2D eigenvalue weighted by atomic mass is 32.1. The van der Waals surface area contributed by atoms with Crippen LogP contribution in [-0.4, -0.2) is 15.3 Å². The SMILES string of the molecule is Cc1csc2nc(C(=O)Nc3cc(F)ccc3F)cn12. The van der Waals surface area contributed by atoms with Crippen molar-refractivity contribution in [1.82, 2.24) is 9.38 Å². The molecule has 1 aromatic carbocycles. The molecule has 0 radical (unpaired) electrons. The topological polar surface area (TPSA) is 46.4 Å². The summed E-state index contributed by atoms with van der Waals surface area (Å²) in [5, 5.41) is 4.23. The standard InChI is InChI=1S/C13H9F2N3OS/c1-7-6-20-13-17-11(5-18(7)13)12(19)16-10-4-8(14)2-3-9(10)15/h2-6H,1H3,(H,16,19). The predicted octanol–water partition coefficient (Wildman–Crippen LogP) is 3.23. The van der Waals surface area contributed by atoms with Crippen molar-refractivity contribution >= 4 is 27.9 Å². The minimum absolute atomic E-state index is 0.156. The van der Waals surface area contributed by atoms with E-state index in [0.29, 0.717) is 4.96 Å². The van der Waals surface area contributed by atoms with Crippen LogP contribution in [0.3, 0.4) is 0 Å². The van der Waals surface area contributed by atoms with Crippen molar-refractivity contribution in [1.29, 1.82) is 0 Å². The van der Waals surface area contributed by atoms with Crippen molar-refractivity contribution in [2.75, 3.05) is 5.32 Å². The molecule has 0 fully saturated rings. The third-order valence-electron chi connectivity index (χ3n) is 2.80. The van der Waals surface area contributed by atoms with E-state index in [0.717, 1.165) is 23.9 Å². The van der Waals surface area contributed by atoms with Crippen LogP contribution in [0.1, 0.15) is 16.2 Å². The van der Waals surface area contributed by atoms with E-state index in [1.807, 2.05) is 12.3 Å². The van der Waals surface area contributed by atoms with Crippen molar-refractivity contribution in [2.45, 2.75) is 6.92 Å². The summed E-state index contributed by atoms with van der Waals surface area (Å²) in [5.74, 6) is -1.90. The molecule has 0 saturated carbocycles. The average molecular weight is 293 g/mol. The van der Waals surface area contributed by atoms with Gasteiger partial charge in [0.2, 0.25) is 0 Å². The van der Waals surface area contributed by atoms with Gasteiger partial charge in [-0.2, -0.15) is 0 Å². The maximum atomic E-state index is 13.4. The van der Waals surface area contributed by atoms with Gasteiger partial charge >= 0.3 is 0 Å². The number of anilines is 1. The van der Waals surface area contributed by atoms with Crippen LogP contribution in [0, 0.1) is 18.6 Å². The van der Waals surface area contributed by atoms with Crippen molar-refractivity contribution in [3.63, 3.8) is 0 Å². The smallest absolute Gasteiger partial charge is 0.275 e. The molecule has 20 heavy (non-hydrogen) atoms. The Balaban J connectivity index is 1.90. The van der Waals surface area contributed by atoms with Gasteiger partial charge in [-0.1, -0.05) is 0 Å². The summed E-state index contributed by atoms with van der Waals surface area (Å²) >= 11 is 1.40. The lowest BCUT2D eigenvalue weighted by atomic mass is 10.3. The first-order chi connectivity index (χ1) is 9.54. The Bertz CT molecular complexity index is 809. The molecule has 7 heteroatoms. The van der Waals surface area contributed by atoms with Gasteiger partial charge < -0.3 is 5.32 Å². The van der Waals surface area contributed by atoms with Crippen LogP contribution in [0.15, 0.2) is 29.8 Å². The number of aryl methyl sites for hydroxylation is 1. The Labute approximate surface area is 116 Å². The molecule has 1 N–H and O–H groups in total. The number of nitrogens with zero attached hydrogens (tertiary/aromatic N) is 2. The Hall–Kier alpha value is -2.28. The number of fused-ring (bicyclic) bond motifs is 1. The van der Waals surface area contributed by atoms with E-state index in [1.165, 1.54) is 11.3 Å². The van der Waals surface area contributed by atoms with E-state index in [4.69, 9.17) is 0 Å². The quantitative estimate of drug-likeness (QED) is 0.788. The number of rotatable bonds is 2. The normalized spacial score (nSPS) is 10.9. The largest absolute Gasteiger partial charge is 0.318 e. The average Bonchev–Trinajstić information content (AvgIpc) is 2.97. The zero-order valence-electron chi connectivity index (χ0n) is 10.4. The third-order valence-corrected chi connectivity index (χ3v) is 3.76. The van der Waals surface area contributed by atoms with Crippen molar-refractivity contribution in [3.05, 3.63) is 52.8 Å². The third kappa shape index (κ3) is 2.16. The van der Waals surface area contributed by atoms with Gasteiger partial charge in [-0.25, -0.2) is 13.8 Å². The molecular formula is C13H9F2N3OS. The van der Waals surface area contributed by atoms with Crippen LogP contribution in [0.5, 0.6) is 0 Å². The van der Waals surface area contributed by atoms with Gasteiger partial charge in [-0.15, -0.1) is 11.3 Å². The zero-order valence-corrected chi connectivity index (χ0v) is 11.2. The van der Waals surface area contributed by atoms with E-state index in [2.05, 4.69) is 10.3 Å². The highest BCUT2D eigenvalue weighted by Crippen LogP contribution is 2.19. The van der Waals surface area contributed by atoms with Gasteiger partial charge in [0.25, 0.3) is 5.91 Å². The Morgan fingerprint density at radius 1 is 1.40 bits per heavy atom. The molecule has 0 saturated heterocycles. The first kappa shape index (κ1) is 12.7. The number of carbonyl (C=O) groups excluding carboxylic acids is 1. The first-order valence-corrected chi connectivity index (χ1v) is 6.62. The Morgan fingerprint density at radius 2 is 2.20 bits per heavy atom. The fraction of sp³-hybridized carbons (Fsp3) is 0.0769. The lowest BCUT2D eigenvalue weighted by Crippen LogP contribution is -2.13. The number of hydrogen-bond acceptors (Lipinski definition) is 3. The molecule has 0 atom stereocenters. The van der Waals surface area contributed by atoms with E-state index in [9.17, 15) is 13.6 Å². The summed E-state index contributed by atoms with van der Waals surface area (Å²) < 4.78 is 28.2. The number of halogens is 2. The monoisotopic (exact) mass is 293 g/mol. The molecule has 3 rings (SSSR count). The van der Waals surface area contributed by atoms with E-state index in [-0.39, 0.29) is 11.4 Å². The van der Waals surface area contributed by atoms with Crippen molar-refractivity contribution in [3.8, 4) is 0 Å². The molecular weight excluding hydrogens is 284 g/mol. The summed E-state index contributed by atoms with van der Waals surface area (Å²) in [7, 11) is 0. The molecule has 2 heterocycles. The maximum absolute atomic E-state index is 13.4. The van der Waals surface area contributed by atoms with Crippen LogP contribution < -0.4 is 5.32 Å². The molecule has 0 aliphatic carbocycles. The molecule has 0 aliphatic rings. The number of amides is 1. The van der Waals surface area contributed by atoms with Crippen LogP contribution >= 0.6 is 11.3 Å². The minimum atomic E-state index is -0.697. The highest BCUT2D eigenvalue weighted by Gasteiger charge is 2.15. The van der Waals surface area contributed by atoms with Crippen LogP contribution in [0.2, 0.25) is 0 Å². The second-order valence-corrected chi connectivity index (χ2v) is 5.07. The molecule has 1 amide bonds. The second kappa shape index (κ2) is 4.68. The van der Waals surface area contributed by atoms with Crippen LogP contribution in [0.4, 0.5) is 14.5 Å². The number of hydrogen-bond donors (Lipinski definition) is 1. The van der Waals surface area contributed by atoms with Crippen LogP contribution in [-0.2, 0) is 0 Å². The van der Waals surface area contributed by atoms with Gasteiger partial charge in [-0.05, 0) is 19.1 Å². The number of nitrogens with one attached hydrogen (secondary N) is 1. The molecule has 0 spiro atoms. The van der Waals surface area contributed by atoms with Gasteiger partial charge in [0, 0.05) is 23.3 Å². The Kier molecular flexibility index (Phi) is 2.98. The second-order valence-electron chi connectivity index (χ2n) is 4.23. The molecule has 4 nitrogen and oxygen atoms in total. The van der Waals surface area contributed by atoms with E-state index < -0.39 is 17.5 Å². The molecule has 0 unspecified atom stereocenters. The van der Waals surface area contributed by atoms with Gasteiger partial charge in [0.15, 0.2) is 4.96 Å². The molecule has 2 aromatic heterocycles. The summed E-state index contributed by atoms with van der Waals surface area (Å²) in [4.78, 5) is 16.8. The summed E-state index contributed by atoms with van der Waals surface area (Å²) in [6.07, 6.45) is 1.56. The zero-order chi connectivity index (χ0) is 14.3. The van der Waals surface area contributed by atoms with E-state index >= 15 is 0 Å². The number of benzene rings is 1. The van der Waals surface area contributed by atoms with E-state index in [1.54, 1.807) is 10.6 Å². The molecule has 0 aliphatic heterocycles. The number of aromatic nitrogens is 2. The fourth-order valence-corrected chi connectivity index (χ4v) is 2.63. The summed E-state index contributed by atoms with van der Waals surface area (Å²) in [6.45, 7) is 1.89. The highest BCUT2D eigenvalue weighted by molar-refractivity contribution is 7.15. The number of thiazole rings is 1. The first-order valence-electron chi connectivity index (χ1n) is 5.74. The van der Waals surface area contributed by atoms with Gasteiger partial charge in [-0.3, -0.25) is 9.20 Å². The lowest BCUT2D eigenvalue weighted by Gasteiger charge is -2.04.